The Bertz CT molecular complexity index is 883. The third-order valence-corrected chi connectivity index (χ3v) is 6.65. The molecule has 8 heteroatoms. The first-order valence-electron chi connectivity index (χ1n) is 5.41. The van der Waals surface area contributed by atoms with Crippen LogP contribution >= 0.6 is 45.9 Å². The van der Waals surface area contributed by atoms with Crippen molar-refractivity contribution in [3.8, 4) is 0 Å². The van der Waals surface area contributed by atoms with Gasteiger partial charge in [-0.3, -0.25) is 4.72 Å². The molecule has 0 aliphatic rings. The third kappa shape index (κ3) is 2.66. The lowest BCUT2D eigenvalue weighted by atomic mass is 10.2. The van der Waals surface area contributed by atoms with Crippen molar-refractivity contribution in [2.75, 3.05) is 4.72 Å². The summed E-state index contributed by atoms with van der Waals surface area (Å²) in [6, 6.07) is 8.66. The van der Waals surface area contributed by atoms with Crippen LogP contribution in [0.3, 0.4) is 0 Å². The van der Waals surface area contributed by atoms with Crippen LogP contribution in [-0.2, 0) is 10.0 Å². The van der Waals surface area contributed by atoms with Crippen LogP contribution in [0.4, 0.5) is 5.69 Å². The lowest BCUT2D eigenvalue weighted by Gasteiger charge is -2.07. The zero-order chi connectivity index (χ0) is 14.3. The maximum Gasteiger partial charge on any atom is 0.264 e. The lowest BCUT2D eigenvalue weighted by molar-refractivity contribution is 0.601. The Labute approximate surface area is 133 Å². The second-order valence-corrected chi connectivity index (χ2v) is 8.85. The van der Waals surface area contributed by atoms with Crippen molar-refractivity contribution in [1.82, 2.24) is 0 Å². The van der Waals surface area contributed by atoms with E-state index in [2.05, 4.69) is 4.72 Å². The van der Waals surface area contributed by atoms with Crippen molar-refractivity contribution >= 4 is 71.7 Å². The summed E-state index contributed by atoms with van der Waals surface area (Å²) >= 11 is 14.3. The molecular weight excluding hydrogens is 357 g/mol. The van der Waals surface area contributed by atoms with Crippen LogP contribution in [0, 0.1) is 0 Å². The average Bonchev–Trinajstić information content (AvgIpc) is 2.94. The molecule has 3 aromatic rings. The van der Waals surface area contributed by atoms with Crippen molar-refractivity contribution in [3.05, 3.63) is 44.4 Å². The first kappa shape index (κ1) is 14.2. The van der Waals surface area contributed by atoms with E-state index in [1.807, 2.05) is 17.5 Å². The maximum absolute atomic E-state index is 12.3. The van der Waals surface area contributed by atoms with Crippen molar-refractivity contribution in [3.63, 3.8) is 0 Å². The van der Waals surface area contributed by atoms with Crippen molar-refractivity contribution < 1.29 is 8.42 Å². The summed E-state index contributed by atoms with van der Waals surface area (Å²) in [6.45, 7) is 0. The number of halogens is 2. The molecule has 0 aliphatic heterocycles. The summed E-state index contributed by atoms with van der Waals surface area (Å²) in [4.78, 5) is -0.000387. The average molecular weight is 364 g/mol. The second kappa shape index (κ2) is 5.20. The van der Waals surface area contributed by atoms with E-state index in [4.69, 9.17) is 23.2 Å². The highest BCUT2D eigenvalue weighted by Crippen LogP contribution is 2.35. The molecule has 0 unspecified atom stereocenters. The molecule has 0 bridgehead atoms. The molecule has 0 radical (unpaired) electrons. The number of benzene rings is 1. The van der Waals surface area contributed by atoms with Crippen LogP contribution in [0.15, 0.2) is 40.6 Å². The highest BCUT2D eigenvalue weighted by atomic mass is 35.5. The number of anilines is 1. The van der Waals surface area contributed by atoms with E-state index in [9.17, 15) is 8.42 Å². The van der Waals surface area contributed by atoms with Gasteiger partial charge in [0, 0.05) is 10.4 Å². The molecule has 3 nitrogen and oxygen atoms in total. The Hall–Kier alpha value is -0.790. The minimum atomic E-state index is -3.73. The van der Waals surface area contributed by atoms with Gasteiger partial charge in [-0.1, -0.05) is 23.2 Å². The van der Waals surface area contributed by atoms with Gasteiger partial charge in [0.1, 0.15) is 9.23 Å². The predicted molar refractivity (Wildman–Crippen MR) is 87.0 cm³/mol. The fourth-order valence-electron chi connectivity index (χ4n) is 1.75. The van der Waals surface area contributed by atoms with Crippen LogP contribution in [0.1, 0.15) is 0 Å². The molecule has 2 aromatic heterocycles. The predicted octanol–water partition coefficient (Wildman–Crippen LogP) is 5.07. The largest absolute Gasteiger partial charge is 0.280 e. The summed E-state index contributed by atoms with van der Waals surface area (Å²) in [6.07, 6.45) is 0. The molecule has 0 fully saturated rings. The molecule has 0 aliphatic carbocycles. The van der Waals surface area contributed by atoms with E-state index in [1.165, 1.54) is 6.07 Å². The Kier molecular flexibility index (Phi) is 3.68. The Morgan fingerprint density at radius 3 is 2.60 bits per heavy atom. The van der Waals surface area contributed by atoms with Crippen LogP contribution in [0.5, 0.6) is 0 Å². The molecule has 1 aromatic carbocycles. The summed E-state index contributed by atoms with van der Waals surface area (Å²) in [5.74, 6) is 0. The number of hydrogen-bond donors (Lipinski definition) is 1. The van der Waals surface area contributed by atoms with E-state index >= 15 is 0 Å². The minimum absolute atomic E-state index is 0.000387. The smallest absolute Gasteiger partial charge is 0.264 e. The van der Waals surface area contributed by atoms with Gasteiger partial charge in [-0.05, 0) is 41.1 Å². The van der Waals surface area contributed by atoms with Gasteiger partial charge in [0.25, 0.3) is 10.0 Å². The standard InChI is InChI=1S/C12H7Cl2NO2S3/c13-11-6-10(12(14)19-11)20(16,17)15-8-1-2-9-7(5-8)3-4-18-9/h1-6,15H. The maximum atomic E-state index is 12.3. The number of hydrogen-bond acceptors (Lipinski definition) is 4. The quantitative estimate of drug-likeness (QED) is 0.705. The molecule has 104 valence electrons. The van der Waals surface area contributed by atoms with Crippen molar-refractivity contribution in [2.24, 2.45) is 0 Å². The molecule has 0 spiro atoms. The topological polar surface area (TPSA) is 46.2 Å². The van der Waals surface area contributed by atoms with Crippen LogP contribution in [0.2, 0.25) is 8.67 Å². The van der Waals surface area contributed by atoms with E-state index in [1.54, 1.807) is 23.5 Å². The van der Waals surface area contributed by atoms with Gasteiger partial charge in [-0.25, -0.2) is 8.42 Å². The summed E-state index contributed by atoms with van der Waals surface area (Å²) in [7, 11) is -3.73. The zero-order valence-electron chi connectivity index (χ0n) is 9.76. The highest BCUT2D eigenvalue weighted by Gasteiger charge is 2.21. The van der Waals surface area contributed by atoms with E-state index < -0.39 is 10.0 Å². The van der Waals surface area contributed by atoms with Gasteiger partial charge in [0.05, 0.1) is 4.34 Å². The fraction of sp³-hybridized carbons (Fsp3) is 0. The number of nitrogens with one attached hydrogen (secondary N) is 1. The van der Waals surface area contributed by atoms with E-state index in [-0.39, 0.29) is 9.23 Å². The first-order chi connectivity index (χ1) is 9.45. The molecule has 20 heavy (non-hydrogen) atoms. The molecule has 3 rings (SSSR count). The molecule has 2 heterocycles. The summed E-state index contributed by atoms with van der Waals surface area (Å²) in [5, 5.41) is 2.95. The van der Waals surface area contributed by atoms with Gasteiger partial charge in [0.15, 0.2) is 0 Å². The summed E-state index contributed by atoms with van der Waals surface area (Å²) < 4.78 is 28.6. The Morgan fingerprint density at radius 1 is 1.10 bits per heavy atom. The van der Waals surface area contributed by atoms with Crippen molar-refractivity contribution in [2.45, 2.75) is 4.90 Å². The number of rotatable bonds is 3. The van der Waals surface area contributed by atoms with Crippen LogP contribution in [-0.4, -0.2) is 8.42 Å². The zero-order valence-corrected chi connectivity index (χ0v) is 13.7. The molecular formula is C12H7Cl2NO2S3. The van der Waals surface area contributed by atoms with Crippen LogP contribution < -0.4 is 4.72 Å². The fourth-order valence-corrected chi connectivity index (χ4v) is 5.72. The molecule has 0 atom stereocenters. The lowest BCUT2D eigenvalue weighted by Crippen LogP contribution is -2.12. The second-order valence-electron chi connectivity index (χ2n) is 3.97. The molecule has 0 saturated heterocycles. The monoisotopic (exact) mass is 363 g/mol. The van der Waals surface area contributed by atoms with E-state index in [0.29, 0.717) is 10.0 Å². The Morgan fingerprint density at radius 2 is 1.90 bits per heavy atom. The van der Waals surface area contributed by atoms with Gasteiger partial charge >= 0.3 is 0 Å². The number of fused-ring (bicyclic) bond motifs is 1. The van der Waals surface area contributed by atoms with E-state index in [0.717, 1.165) is 21.4 Å². The molecule has 1 N–H and O–H groups in total. The SMILES string of the molecule is O=S(=O)(Nc1ccc2sccc2c1)c1cc(Cl)sc1Cl. The molecule has 0 amide bonds. The van der Waals surface area contributed by atoms with Gasteiger partial charge in [-0.2, -0.15) is 0 Å². The third-order valence-electron chi connectivity index (χ3n) is 2.62. The highest BCUT2D eigenvalue weighted by molar-refractivity contribution is 7.93. The number of sulfonamides is 1. The van der Waals surface area contributed by atoms with Crippen molar-refractivity contribution in [1.29, 1.82) is 0 Å². The molecule has 0 saturated carbocycles. The van der Waals surface area contributed by atoms with Gasteiger partial charge < -0.3 is 0 Å². The van der Waals surface area contributed by atoms with Gasteiger partial charge in [0.2, 0.25) is 0 Å². The number of thiophene rings is 2. The summed E-state index contributed by atoms with van der Waals surface area (Å²) in [5.41, 5.74) is 0.495. The minimum Gasteiger partial charge on any atom is -0.280 e. The Balaban J connectivity index is 1.98. The van der Waals surface area contributed by atoms with Crippen LogP contribution in [0.25, 0.3) is 10.1 Å². The first-order valence-corrected chi connectivity index (χ1v) is 9.34. The normalized spacial score (nSPS) is 11.9. The van der Waals surface area contributed by atoms with Gasteiger partial charge in [-0.15, -0.1) is 22.7 Å².